The van der Waals surface area contributed by atoms with E-state index in [2.05, 4.69) is 43.5 Å². The summed E-state index contributed by atoms with van der Waals surface area (Å²) in [6.07, 6.45) is 40.3. The Bertz CT molecular complexity index is 987. The number of aliphatic hydroxyl groups is 5. The third-order valence-electron chi connectivity index (χ3n) is 11.2. The van der Waals surface area contributed by atoms with E-state index in [0.29, 0.717) is 6.42 Å². The van der Waals surface area contributed by atoms with Gasteiger partial charge in [-0.05, 0) is 44.9 Å². The summed E-state index contributed by atoms with van der Waals surface area (Å²) in [5.74, 6) is -0.181. The van der Waals surface area contributed by atoms with Gasteiger partial charge >= 0.3 is 0 Å². The summed E-state index contributed by atoms with van der Waals surface area (Å²) in [5, 5.41) is 54.2. The van der Waals surface area contributed by atoms with Gasteiger partial charge in [0.15, 0.2) is 6.29 Å². The molecule has 7 atom stereocenters. The number of amides is 1. The molecular weight excluding hydrogens is 719 g/mol. The van der Waals surface area contributed by atoms with Crippen molar-refractivity contribution in [1.29, 1.82) is 0 Å². The van der Waals surface area contributed by atoms with Gasteiger partial charge in [-0.1, -0.05) is 192 Å². The van der Waals surface area contributed by atoms with Crippen molar-refractivity contribution >= 4 is 5.91 Å². The second-order valence-electron chi connectivity index (χ2n) is 16.6. The van der Waals surface area contributed by atoms with Crippen molar-refractivity contribution in [2.45, 2.75) is 249 Å². The Balaban J connectivity index is 2.34. The lowest BCUT2D eigenvalue weighted by molar-refractivity contribution is -0.302. The monoisotopic (exact) mass is 808 g/mol. The molecular formula is C48H89NO8. The number of carbonyl (C=O) groups is 1. The van der Waals surface area contributed by atoms with Crippen LogP contribution in [0.25, 0.3) is 0 Å². The van der Waals surface area contributed by atoms with Crippen LogP contribution >= 0.6 is 0 Å². The number of allylic oxidation sites excluding steroid dienone is 5. The molecule has 57 heavy (non-hydrogen) atoms. The van der Waals surface area contributed by atoms with Crippen LogP contribution in [0.3, 0.4) is 0 Å². The Morgan fingerprint density at radius 1 is 0.596 bits per heavy atom. The number of ether oxygens (including phenoxy) is 2. The molecule has 9 nitrogen and oxygen atoms in total. The number of nitrogens with one attached hydrogen (secondary N) is 1. The predicted octanol–water partition coefficient (Wildman–Crippen LogP) is 10.1. The molecule has 1 aliphatic rings. The van der Waals surface area contributed by atoms with E-state index in [-0.39, 0.29) is 12.5 Å². The molecule has 0 bridgehead atoms. The summed E-state index contributed by atoms with van der Waals surface area (Å²) in [7, 11) is 0. The fourth-order valence-electron chi connectivity index (χ4n) is 7.38. The van der Waals surface area contributed by atoms with Crippen LogP contribution in [0.5, 0.6) is 0 Å². The zero-order valence-corrected chi connectivity index (χ0v) is 36.6. The van der Waals surface area contributed by atoms with Crippen LogP contribution in [0.4, 0.5) is 0 Å². The first kappa shape index (κ1) is 53.4. The van der Waals surface area contributed by atoms with Gasteiger partial charge in [0.25, 0.3) is 0 Å². The smallest absolute Gasteiger partial charge is 0.220 e. The number of rotatable bonds is 39. The first-order chi connectivity index (χ1) is 27.8. The zero-order valence-electron chi connectivity index (χ0n) is 36.6. The van der Waals surface area contributed by atoms with Gasteiger partial charge < -0.3 is 40.3 Å². The minimum atomic E-state index is -1.57. The summed E-state index contributed by atoms with van der Waals surface area (Å²) in [6.45, 7) is 3.74. The Hall–Kier alpha value is -1.59. The van der Waals surface area contributed by atoms with Gasteiger partial charge in [0.2, 0.25) is 5.91 Å². The van der Waals surface area contributed by atoms with Crippen LogP contribution in [0.1, 0.15) is 206 Å². The third kappa shape index (κ3) is 29.3. The van der Waals surface area contributed by atoms with Crippen LogP contribution in [0.2, 0.25) is 0 Å². The van der Waals surface area contributed by atoms with Crippen LogP contribution in [-0.2, 0) is 14.3 Å². The van der Waals surface area contributed by atoms with E-state index < -0.39 is 49.5 Å². The van der Waals surface area contributed by atoms with Crippen molar-refractivity contribution in [2.75, 3.05) is 13.2 Å². The molecule has 0 aromatic heterocycles. The minimum Gasteiger partial charge on any atom is -0.394 e. The third-order valence-corrected chi connectivity index (χ3v) is 11.2. The lowest BCUT2D eigenvalue weighted by atomic mass is 9.99. The molecule has 1 amide bonds. The van der Waals surface area contributed by atoms with Gasteiger partial charge in [0, 0.05) is 6.42 Å². The molecule has 0 saturated carbocycles. The molecule has 9 heteroatoms. The van der Waals surface area contributed by atoms with Crippen molar-refractivity contribution < 1.29 is 39.8 Å². The van der Waals surface area contributed by atoms with Crippen molar-refractivity contribution in [2.24, 2.45) is 0 Å². The van der Waals surface area contributed by atoms with Gasteiger partial charge in [0.1, 0.15) is 24.4 Å². The van der Waals surface area contributed by atoms with Gasteiger partial charge in [0.05, 0.1) is 25.4 Å². The largest absolute Gasteiger partial charge is 0.394 e. The molecule has 0 spiro atoms. The highest BCUT2D eigenvalue weighted by molar-refractivity contribution is 5.76. The van der Waals surface area contributed by atoms with E-state index in [1.165, 1.54) is 141 Å². The van der Waals surface area contributed by atoms with E-state index in [1.54, 1.807) is 6.08 Å². The quantitative estimate of drug-likeness (QED) is 0.0204. The lowest BCUT2D eigenvalue weighted by Gasteiger charge is -2.40. The maximum Gasteiger partial charge on any atom is 0.220 e. The van der Waals surface area contributed by atoms with E-state index in [1.807, 2.05) is 6.08 Å². The number of hydrogen-bond acceptors (Lipinski definition) is 8. The number of carbonyl (C=O) groups excluding carboxylic acids is 1. The molecule has 0 radical (unpaired) electrons. The van der Waals surface area contributed by atoms with Crippen molar-refractivity contribution in [1.82, 2.24) is 5.32 Å². The predicted molar refractivity (Wildman–Crippen MR) is 235 cm³/mol. The average Bonchev–Trinajstić information content (AvgIpc) is 3.21. The highest BCUT2D eigenvalue weighted by Crippen LogP contribution is 2.23. The van der Waals surface area contributed by atoms with E-state index in [9.17, 15) is 30.3 Å². The molecule has 1 fully saturated rings. The SMILES string of the molecule is CCCCC/C=C\C=C/CCCCCCCCCCCCC(=O)NC(COC1OC(CO)C(O)C(O)C1O)C(O)/C=C/CCCCCCCCCCCCCCC. The topological polar surface area (TPSA) is 149 Å². The minimum absolute atomic E-state index is 0.181. The highest BCUT2D eigenvalue weighted by Gasteiger charge is 2.44. The van der Waals surface area contributed by atoms with Gasteiger partial charge in [-0.3, -0.25) is 4.79 Å². The first-order valence-corrected chi connectivity index (χ1v) is 23.7. The van der Waals surface area contributed by atoms with Crippen LogP contribution in [0.15, 0.2) is 36.5 Å². The fraction of sp³-hybridized carbons (Fsp3) is 0.854. The molecule has 1 aliphatic heterocycles. The summed E-state index contributed by atoms with van der Waals surface area (Å²) >= 11 is 0. The summed E-state index contributed by atoms with van der Waals surface area (Å²) in [6, 6.07) is -0.805. The molecule has 1 rings (SSSR count). The summed E-state index contributed by atoms with van der Waals surface area (Å²) in [4.78, 5) is 13.0. The summed E-state index contributed by atoms with van der Waals surface area (Å²) < 4.78 is 11.2. The maximum atomic E-state index is 13.0. The number of hydrogen-bond donors (Lipinski definition) is 6. The Morgan fingerprint density at radius 2 is 1.02 bits per heavy atom. The van der Waals surface area contributed by atoms with Gasteiger partial charge in [-0.2, -0.15) is 0 Å². The van der Waals surface area contributed by atoms with Gasteiger partial charge in [-0.25, -0.2) is 0 Å². The van der Waals surface area contributed by atoms with E-state index >= 15 is 0 Å². The molecule has 1 saturated heterocycles. The second-order valence-corrected chi connectivity index (χ2v) is 16.6. The Kier molecular flexibility index (Phi) is 36.2. The maximum absolute atomic E-state index is 13.0. The molecule has 334 valence electrons. The average molecular weight is 808 g/mol. The van der Waals surface area contributed by atoms with Crippen LogP contribution in [-0.4, -0.2) is 87.5 Å². The Labute approximate surface area is 349 Å². The van der Waals surface area contributed by atoms with Gasteiger partial charge in [-0.15, -0.1) is 0 Å². The second kappa shape index (κ2) is 38.6. The lowest BCUT2D eigenvalue weighted by Crippen LogP contribution is -2.60. The Morgan fingerprint density at radius 3 is 1.51 bits per heavy atom. The van der Waals surface area contributed by atoms with Crippen molar-refractivity contribution in [3.05, 3.63) is 36.5 Å². The molecule has 1 heterocycles. The molecule has 6 N–H and O–H groups in total. The standard InChI is InChI=1S/C48H89NO8/c1-3-5-7-9-11-13-15-17-19-20-21-22-24-26-28-30-32-34-36-38-44(52)49-41(40-56-48-47(55)46(54)45(53)43(39-50)57-48)42(51)37-35-33-31-29-27-25-23-18-16-14-12-10-8-6-4-2/h11,13,15,17,35,37,41-43,45-48,50-51,53-55H,3-10,12,14,16,18-34,36,38-40H2,1-2H3,(H,49,52)/b13-11-,17-15-,37-35+. The number of unbranched alkanes of at least 4 members (excludes halogenated alkanes) is 26. The molecule has 0 aromatic rings. The van der Waals surface area contributed by atoms with Crippen molar-refractivity contribution in [3.8, 4) is 0 Å². The summed E-state index contributed by atoms with van der Waals surface area (Å²) in [5.41, 5.74) is 0. The normalized spacial score (nSPS) is 21.3. The highest BCUT2D eigenvalue weighted by atomic mass is 16.7. The van der Waals surface area contributed by atoms with Crippen LogP contribution < -0.4 is 5.32 Å². The van der Waals surface area contributed by atoms with E-state index in [0.717, 1.165) is 44.9 Å². The van der Waals surface area contributed by atoms with Crippen LogP contribution in [0, 0.1) is 0 Å². The fourth-order valence-corrected chi connectivity index (χ4v) is 7.38. The molecule has 0 aromatic carbocycles. The first-order valence-electron chi connectivity index (χ1n) is 23.7. The zero-order chi connectivity index (χ0) is 41.6. The molecule has 0 aliphatic carbocycles. The van der Waals surface area contributed by atoms with E-state index in [4.69, 9.17) is 9.47 Å². The molecule has 7 unspecified atom stereocenters. The number of aliphatic hydroxyl groups excluding tert-OH is 5. The van der Waals surface area contributed by atoms with Crippen molar-refractivity contribution in [3.63, 3.8) is 0 Å².